The molecule has 0 heterocycles. The number of carbonyl (C=O) groups excluding carboxylic acids is 1. The van der Waals surface area contributed by atoms with Crippen LogP contribution in [0.1, 0.15) is 5.56 Å². The van der Waals surface area contributed by atoms with Crippen molar-refractivity contribution in [2.45, 2.75) is 6.54 Å². The first-order valence-electron chi connectivity index (χ1n) is 3.77. The topological polar surface area (TPSA) is 29.1 Å². The summed E-state index contributed by atoms with van der Waals surface area (Å²) in [5.41, 5.74) is 1.09. The minimum absolute atomic E-state index is 0.140. The molecule has 1 rings (SSSR count). The van der Waals surface area contributed by atoms with E-state index in [1.807, 2.05) is 30.3 Å². The molecule has 1 aromatic rings. The number of rotatable bonds is 3. The summed E-state index contributed by atoms with van der Waals surface area (Å²) >= 11 is 0. The predicted molar refractivity (Wildman–Crippen MR) is 48.5 cm³/mol. The average molecular weight is 160 g/mol. The molecule has 0 fully saturated rings. The zero-order valence-corrected chi connectivity index (χ0v) is 6.79. The number of hydrogen-bond donors (Lipinski definition) is 1. The van der Waals surface area contributed by atoms with Crippen LogP contribution < -0.4 is 5.32 Å². The van der Waals surface area contributed by atoms with Crippen molar-refractivity contribution in [1.29, 1.82) is 0 Å². The van der Waals surface area contributed by atoms with E-state index in [-0.39, 0.29) is 5.91 Å². The molecular weight excluding hydrogens is 149 g/mol. The van der Waals surface area contributed by atoms with Crippen molar-refractivity contribution >= 4 is 5.91 Å². The van der Waals surface area contributed by atoms with Gasteiger partial charge in [-0.3, -0.25) is 4.79 Å². The van der Waals surface area contributed by atoms with Crippen molar-refractivity contribution in [3.63, 3.8) is 0 Å². The summed E-state index contributed by atoms with van der Waals surface area (Å²) < 4.78 is 0. The van der Waals surface area contributed by atoms with E-state index < -0.39 is 0 Å². The molecule has 62 valence electrons. The Balaban J connectivity index is 2.43. The van der Waals surface area contributed by atoms with Gasteiger partial charge in [0.1, 0.15) is 0 Å². The maximum Gasteiger partial charge on any atom is 0.243 e. The van der Waals surface area contributed by atoms with E-state index in [0.717, 1.165) is 5.56 Å². The molecule has 12 heavy (non-hydrogen) atoms. The predicted octanol–water partition coefficient (Wildman–Crippen LogP) is 1.49. The lowest BCUT2D eigenvalue weighted by molar-refractivity contribution is -0.116. The van der Waals surface area contributed by atoms with Crippen LogP contribution in [0.25, 0.3) is 0 Å². The minimum Gasteiger partial charge on any atom is -0.348 e. The minimum atomic E-state index is -0.140. The van der Waals surface area contributed by atoms with Crippen molar-refractivity contribution in [3.8, 4) is 0 Å². The Labute approximate surface area is 71.9 Å². The Kier molecular flexibility index (Phi) is 3.08. The third kappa shape index (κ3) is 2.58. The van der Waals surface area contributed by atoms with Gasteiger partial charge >= 0.3 is 0 Å². The van der Waals surface area contributed by atoms with Gasteiger partial charge in [-0.05, 0) is 11.6 Å². The molecule has 0 unspecified atom stereocenters. The van der Waals surface area contributed by atoms with Gasteiger partial charge in [0, 0.05) is 6.54 Å². The Hall–Kier alpha value is -1.57. The largest absolute Gasteiger partial charge is 0.348 e. The number of nitrogens with one attached hydrogen (secondary N) is 1. The zero-order valence-electron chi connectivity index (χ0n) is 6.79. The van der Waals surface area contributed by atoms with Crippen molar-refractivity contribution in [3.05, 3.63) is 48.6 Å². The lowest BCUT2D eigenvalue weighted by atomic mass is 10.0. The average Bonchev–Trinajstić information content (AvgIpc) is 2.16. The third-order valence-corrected chi connectivity index (χ3v) is 1.49. The monoisotopic (exact) mass is 160 g/mol. The summed E-state index contributed by atoms with van der Waals surface area (Å²) in [6.07, 6.45) is 1.27. The number of carbonyl (C=O) groups is 1. The van der Waals surface area contributed by atoms with Gasteiger partial charge in [0.2, 0.25) is 5.91 Å². The second kappa shape index (κ2) is 4.34. The summed E-state index contributed by atoms with van der Waals surface area (Å²) in [7, 11) is 0. The fourth-order valence-electron chi connectivity index (χ4n) is 0.857. The Morgan fingerprint density at radius 3 is 2.67 bits per heavy atom. The number of amides is 1. The maximum atomic E-state index is 10.8. The van der Waals surface area contributed by atoms with E-state index in [0.29, 0.717) is 6.54 Å². The molecule has 1 aromatic carbocycles. The molecule has 0 bridgehead atoms. The molecule has 0 aliphatic rings. The molecule has 0 radical (unpaired) electrons. The van der Waals surface area contributed by atoms with Crippen LogP contribution in [0.15, 0.2) is 43.0 Å². The van der Waals surface area contributed by atoms with Gasteiger partial charge < -0.3 is 5.32 Å². The van der Waals surface area contributed by atoms with E-state index in [2.05, 4.69) is 11.9 Å². The highest BCUT2D eigenvalue weighted by Gasteiger charge is 1.93. The lowest BCUT2D eigenvalue weighted by Crippen LogP contribution is -2.19. The molecule has 0 saturated heterocycles. The van der Waals surface area contributed by atoms with Crippen LogP contribution in [0.5, 0.6) is 0 Å². The van der Waals surface area contributed by atoms with Crippen LogP contribution in [-0.4, -0.2) is 5.91 Å². The van der Waals surface area contributed by atoms with E-state index >= 15 is 0 Å². The first-order valence-corrected chi connectivity index (χ1v) is 3.77. The zero-order chi connectivity index (χ0) is 8.81. The summed E-state index contributed by atoms with van der Waals surface area (Å²) in [4.78, 5) is 10.8. The fraction of sp³-hybridized carbons (Fsp3) is 0.100. The molecule has 1 N–H and O–H groups in total. The van der Waals surface area contributed by atoms with Gasteiger partial charge in [-0.15, -0.1) is 0 Å². The van der Waals surface area contributed by atoms with Crippen molar-refractivity contribution in [1.82, 2.24) is 5.32 Å². The van der Waals surface area contributed by atoms with Crippen molar-refractivity contribution < 1.29 is 4.79 Å². The summed E-state index contributed by atoms with van der Waals surface area (Å²) in [5, 5.41) is 2.69. The van der Waals surface area contributed by atoms with Crippen LogP contribution >= 0.6 is 0 Å². The quantitative estimate of drug-likeness (QED) is 0.667. The van der Waals surface area contributed by atoms with Crippen LogP contribution in [-0.2, 0) is 11.3 Å². The highest BCUT2D eigenvalue weighted by atomic mass is 16.1. The van der Waals surface area contributed by atoms with Crippen molar-refractivity contribution in [2.75, 3.05) is 0 Å². The van der Waals surface area contributed by atoms with E-state index in [1.165, 1.54) is 6.08 Å². The van der Waals surface area contributed by atoms with Gasteiger partial charge in [0.25, 0.3) is 0 Å². The molecular formula is C10H11NO. The Morgan fingerprint density at radius 1 is 1.42 bits per heavy atom. The third-order valence-electron chi connectivity index (χ3n) is 1.49. The molecule has 0 aromatic heterocycles. The molecule has 0 spiro atoms. The van der Waals surface area contributed by atoms with Gasteiger partial charge in [0.05, 0.1) is 0 Å². The summed E-state index contributed by atoms with van der Waals surface area (Å²) in [5.74, 6) is -0.140. The molecule has 0 aliphatic carbocycles. The van der Waals surface area contributed by atoms with Gasteiger partial charge in [-0.25, -0.2) is 0 Å². The summed E-state index contributed by atoms with van der Waals surface area (Å²) in [6.45, 7) is 3.92. The maximum absolute atomic E-state index is 10.8. The van der Waals surface area contributed by atoms with Gasteiger partial charge in [0.15, 0.2) is 0 Å². The normalized spacial score (nSPS) is 9.00. The fourth-order valence-corrected chi connectivity index (χ4v) is 0.857. The molecule has 1 amide bonds. The number of benzene rings is 1. The highest BCUT2D eigenvalue weighted by molar-refractivity contribution is 5.86. The number of hydrogen-bond acceptors (Lipinski definition) is 1. The van der Waals surface area contributed by atoms with Crippen LogP contribution in [0.3, 0.4) is 0 Å². The first-order chi connectivity index (χ1) is 5.83. The molecule has 0 atom stereocenters. The first kappa shape index (κ1) is 8.53. The SMILES string of the molecule is C=C[11C](=O)NCc1ccccc1. The van der Waals surface area contributed by atoms with E-state index in [9.17, 15) is 4.79 Å². The Bertz CT molecular complexity index is 266. The second-order valence-corrected chi connectivity index (χ2v) is 2.41. The van der Waals surface area contributed by atoms with Crippen LogP contribution in [0.2, 0.25) is 0 Å². The second-order valence-electron chi connectivity index (χ2n) is 2.41. The lowest BCUT2D eigenvalue weighted by Gasteiger charge is -2.00. The standard InChI is InChI=1S/C10H11NO/c1-2-10(12)11-8-9-6-4-3-5-7-9/h2-7H,1,8H2,(H,11,12)/i10-1. The summed E-state index contributed by atoms with van der Waals surface area (Å²) in [6, 6.07) is 9.75. The van der Waals surface area contributed by atoms with Crippen LogP contribution in [0.4, 0.5) is 0 Å². The molecule has 2 heteroatoms. The van der Waals surface area contributed by atoms with Crippen LogP contribution in [0, 0.1) is 0 Å². The molecule has 0 aliphatic heterocycles. The van der Waals surface area contributed by atoms with E-state index in [4.69, 9.17) is 0 Å². The molecule has 0 saturated carbocycles. The van der Waals surface area contributed by atoms with Crippen molar-refractivity contribution in [2.24, 2.45) is 0 Å². The molecule has 2 nitrogen and oxygen atoms in total. The highest BCUT2D eigenvalue weighted by Crippen LogP contribution is 1.96. The van der Waals surface area contributed by atoms with Gasteiger partial charge in [-0.1, -0.05) is 36.9 Å². The van der Waals surface area contributed by atoms with E-state index in [1.54, 1.807) is 0 Å². The smallest absolute Gasteiger partial charge is 0.243 e. The Morgan fingerprint density at radius 2 is 2.08 bits per heavy atom. The van der Waals surface area contributed by atoms with Gasteiger partial charge in [-0.2, -0.15) is 0 Å².